The number of imidazole rings is 1. The Hall–Kier alpha value is -1.36. The SMILES string of the molecule is CCCCNOC(=O)Cn1cc(CC(C)C)nc1C. The van der Waals surface area contributed by atoms with Crippen molar-refractivity contribution in [1.82, 2.24) is 15.0 Å². The largest absolute Gasteiger partial charge is 0.369 e. The average Bonchev–Trinajstić information content (AvgIpc) is 2.64. The van der Waals surface area contributed by atoms with Gasteiger partial charge in [-0.05, 0) is 25.7 Å². The number of nitrogens with one attached hydrogen (secondary N) is 1. The van der Waals surface area contributed by atoms with Gasteiger partial charge in [0.2, 0.25) is 0 Å². The van der Waals surface area contributed by atoms with Crippen LogP contribution >= 0.6 is 0 Å². The maximum atomic E-state index is 11.6. The van der Waals surface area contributed by atoms with Gasteiger partial charge in [0.15, 0.2) is 0 Å². The lowest BCUT2D eigenvalue weighted by atomic mass is 10.1. The summed E-state index contributed by atoms with van der Waals surface area (Å²) >= 11 is 0. The molecule has 5 nitrogen and oxygen atoms in total. The van der Waals surface area contributed by atoms with Crippen LogP contribution in [0.3, 0.4) is 0 Å². The summed E-state index contributed by atoms with van der Waals surface area (Å²) in [5.74, 6) is 1.12. The zero-order valence-electron chi connectivity index (χ0n) is 12.4. The highest BCUT2D eigenvalue weighted by Gasteiger charge is 2.10. The van der Waals surface area contributed by atoms with Gasteiger partial charge in [0.05, 0.1) is 5.69 Å². The minimum absolute atomic E-state index is 0.204. The summed E-state index contributed by atoms with van der Waals surface area (Å²) in [4.78, 5) is 21.0. The molecule has 0 aliphatic carbocycles. The quantitative estimate of drug-likeness (QED) is 0.579. The lowest BCUT2D eigenvalue weighted by molar-refractivity contribution is -0.151. The molecule has 1 aromatic rings. The van der Waals surface area contributed by atoms with Crippen LogP contribution in [-0.2, 0) is 22.6 Å². The van der Waals surface area contributed by atoms with E-state index in [4.69, 9.17) is 4.84 Å². The van der Waals surface area contributed by atoms with Crippen LogP contribution in [0.4, 0.5) is 0 Å². The van der Waals surface area contributed by atoms with Gasteiger partial charge in [-0.2, -0.15) is 5.48 Å². The number of unbranched alkanes of at least 4 members (excludes halogenated alkanes) is 1. The summed E-state index contributed by atoms with van der Waals surface area (Å²) in [7, 11) is 0. The summed E-state index contributed by atoms with van der Waals surface area (Å²) in [5, 5.41) is 0. The molecule has 1 rings (SSSR count). The molecule has 108 valence electrons. The van der Waals surface area contributed by atoms with Gasteiger partial charge in [-0.3, -0.25) is 0 Å². The fraction of sp³-hybridized carbons (Fsp3) is 0.714. The maximum absolute atomic E-state index is 11.6. The van der Waals surface area contributed by atoms with Crippen molar-refractivity contribution >= 4 is 5.97 Å². The van der Waals surface area contributed by atoms with Crippen molar-refractivity contribution in [2.75, 3.05) is 6.54 Å². The van der Waals surface area contributed by atoms with E-state index >= 15 is 0 Å². The number of carbonyl (C=O) groups is 1. The molecule has 0 fully saturated rings. The number of carbonyl (C=O) groups excluding carboxylic acids is 1. The van der Waals surface area contributed by atoms with Crippen molar-refractivity contribution in [1.29, 1.82) is 0 Å². The van der Waals surface area contributed by atoms with E-state index in [2.05, 4.69) is 31.2 Å². The molecule has 0 saturated heterocycles. The zero-order chi connectivity index (χ0) is 14.3. The Bertz CT molecular complexity index is 399. The van der Waals surface area contributed by atoms with Crippen LogP contribution in [0.1, 0.15) is 45.1 Å². The highest BCUT2D eigenvalue weighted by Crippen LogP contribution is 2.08. The fourth-order valence-corrected chi connectivity index (χ4v) is 1.80. The van der Waals surface area contributed by atoms with E-state index in [1.165, 1.54) is 0 Å². The lowest BCUT2D eigenvalue weighted by Crippen LogP contribution is -2.24. The summed E-state index contributed by atoms with van der Waals surface area (Å²) in [6, 6.07) is 0. The molecule has 0 bridgehead atoms. The number of hydrogen-bond donors (Lipinski definition) is 1. The van der Waals surface area contributed by atoms with Crippen LogP contribution in [0.5, 0.6) is 0 Å². The third-order valence-electron chi connectivity index (χ3n) is 2.76. The summed E-state index contributed by atoms with van der Waals surface area (Å²) < 4.78 is 1.83. The Morgan fingerprint density at radius 2 is 2.26 bits per heavy atom. The summed E-state index contributed by atoms with van der Waals surface area (Å²) in [6.45, 7) is 9.20. The molecule has 0 saturated carbocycles. The van der Waals surface area contributed by atoms with E-state index in [9.17, 15) is 4.79 Å². The van der Waals surface area contributed by atoms with E-state index < -0.39 is 0 Å². The fourth-order valence-electron chi connectivity index (χ4n) is 1.80. The van der Waals surface area contributed by atoms with Gasteiger partial charge in [0.1, 0.15) is 12.4 Å². The van der Waals surface area contributed by atoms with E-state index in [1.54, 1.807) is 0 Å². The van der Waals surface area contributed by atoms with E-state index in [0.717, 1.165) is 30.8 Å². The molecule has 5 heteroatoms. The van der Waals surface area contributed by atoms with Crippen molar-refractivity contribution < 1.29 is 9.63 Å². The van der Waals surface area contributed by atoms with Crippen LogP contribution in [0, 0.1) is 12.8 Å². The highest BCUT2D eigenvalue weighted by atomic mass is 16.7. The first-order chi connectivity index (χ1) is 9.02. The minimum Gasteiger partial charge on any atom is -0.369 e. The second kappa shape index (κ2) is 7.94. The minimum atomic E-state index is -0.285. The van der Waals surface area contributed by atoms with Crippen LogP contribution in [0.25, 0.3) is 0 Å². The molecule has 1 heterocycles. The Kier molecular flexibility index (Phi) is 6.56. The molecule has 0 aromatic carbocycles. The number of aromatic nitrogens is 2. The maximum Gasteiger partial charge on any atom is 0.344 e. The average molecular weight is 267 g/mol. The van der Waals surface area contributed by atoms with Gasteiger partial charge in [-0.25, -0.2) is 9.78 Å². The Morgan fingerprint density at radius 1 is 1.53 bits per heavy atom. The van der Waals surface area contributed by atoms with Crippen LogP contribution in [-0.4, -0.2) is 22.1 Å². The highest BCUT2D eigenvalue weighted by molar-refractivity contribution is 5.68. The van der Waals surface area contributed by atoms with E-state index in [1.807, 2.05) is 17.7 Å². The molecule has 0 aliphatic heterocycles. The number of aryl methyl sites for hydroxylation is 1. The first-order valence-electron chi connectivity index (χ1n) is 6.98. The van der Waals surface area contributed by atoms with Gasteiger partial charge in [-0.15, -0.1) is 0 Å². The molecule has 1 N–H and O–H groups in total. The number of hydrogen-bond acceptors (Lipinski definition) is 4. The Morgan fingerprint density at radius 3 is 2.89 bits per heavy atom. The van der Waals surface area contributed by atoms with Gasteiger partial charge in [0.25, 0.3) is 0 Å². The molecule has 19 heavy (non-hydrogen) atoms. The van der Waals surface area contributed by atoms with Crippen molar-refractivity contribution in [2.45, 2.75) is 53.5 Å². The molecular formula is C14H25N3O2. The Labute approximate surface area is 115 Å². The first kappa shape index (κ1) is 15.7. The smallest absolute Gasteiger partial charge is 0.344 e. The van der Waals surface area contributed by atoms with Crippen molar-refractivity contribution in [3.8, 4) is 0 Å². The van der Waals surface area contributed by atoms with Crippen molar-refractivity contribution in [2.24, 2.45) is 5.92 Å². The zero-order valence-corrected chi connectivity index (χ0v) is 12.4. The van der Waals surface area contributed by atoms with Gasteiger partial charge in [-0.1, -0.05) is 27.2 Å². The molecule has 0 spiro atoms. The molecule has 1 aromatic heterocycles. The van der Waals surface area contributed by atoms with Crippen LogP contribution in [0.2, 0.25) is 0 Å². The summed E-state index contributed by atoms with van der Waals surface area (Å²) in [6.07, 6.45) is 4.93. The standard InChI is InChI=1S/C14H25N3O2/c1-5-6-7-15-19-14(18)10-17-9-13(8-11(2)3)16-12(17)4/h9,11,15H,5-8,10H2,1-4H3. The van der Waals surface area contributed by atoms with Crippen LogP contribution in [0.15, 0.2) is 6.20 Å². The molecule has 0 radical (unpaired) electrons. The van der Waals surface area contributed by atoms with Gasteiger partial charge < -0.3 is 9.40 Å². The summed E-state index contributed by atoms with van der Waals surface area (Å²) in [5.41, 5.74) is 3.71. The third kappa shape index (κ3) is 5.87. The predicted molar refractivity (Wildman–Crippen MR) is 74.5 cm³/mol. The second-order valence-corrected chi connectivity index (χ2v) is 5.23. The van der Waals surface area contributed by atoms with E-state index in [-0.39, 0.29) is 12.5 Å². The third-order valence-corrected chi connectivity index (χ3v) is 2.76. The predicted octanol–water partition coefficient (Wildman–Crippen LogP) is 2.24. The van der Waals surface area contributed by atoms with Gasteiger partial charge in [0, 0.05) is 12.7 Å². The Balaban J connectivity index is 2.43. The second-order valence-electron chi connectivity index (χ2n) is 5.23. The monoisotopic (exact) mass is 267 g/mol. The van der Waals surface area contributed by atoms with E-state index in [0.29, 0.717) is 12.5 Å². The number of nitrogens with zero attached hydrogens (tertiary/aromatic N) is 2. The normalized spacial score (nSPS) is 11.0. The lowest BCUT2D eigenvalue weighted by Gasteiger charge is -2.06. The number of hydroxylamine groups is 1. The molecule has 0 aliphatic rings. The molecular weight excluding hydrogens is 242 g/mol. The van der Waals surface area contributed by atoms with Gasteiger partial charge >= 0.3 is 5.97 Å². The molecule has 0 unspecified atom stereocenters. The first-order valence-corrected chi connectivity index (χ1v) is 6.98. The van der Waals surface area contributed by atoms with Crippen LogP contribution < -0.4 is 5.48 Å². The molecule has 0 atom stereocenters. The van der Waals surface area contributed by atoms with Crippen molar-refractivity contribution in [3.05, 3.63) is 17.7 Å². The number of rotatable bonds is 8. The topological polar surface area (TPSA) is 56.1 Å². The molecule has 0 amide bonds. The van der Waals surface area contributed by atoms with Crippen molar-refractivity contribution in [3.63, 3.8) is 0 Å².